The van der Waals surface area contributed by atoms with Gasteiger partial charge < -0.3 is 14.3 Å². The van der Waals surface area contributed by atoms with Gasteiger partial charge in [0.1, 0.15) is 0 Å². The zero-order valence-electron chi connectivity index (χ0n) is 12.2. The van der Waals surface area contributed by atoms with Gasteiger partial charge in [0, 0.05) is 27.2 Å². The topological polar surface area (TPSA) is 62.5 Å². The number of likely N-dealkylation sites (tertiary alicyclic amines) is 1. The summed E-state index contributed by atoms with van der Waals surface area (Å²) in [5.41, 5.74) is 0. The Morgan fingerprint density at radius 3 is 3.05 bits per heavy atom. The summed E-state index contributed by atoms with van der Waals surface area (Å²) in [4.78, 5) is 21.3. The Balaban J connectivity index is 1.72. The Labute approximate surface area is 127 Å². The molecule has 0 spiro atoms. The number of thiophene rings is 1. The maximum absolute atomic E-state index is 12.4. The number of hydrogen-bond donors (Lipinski definition) is 0. The van der Waals surface area contributed by atoms with Gasteiger partial charge in [-0.25, -0.2) is 0 Å². The molecule has 2 aromatic heterocycles. The van der Waals surface area contributed by atoms with Crippen molar-refractivity contribution in [2.24, 2.45) is 0 Å². The third kappa shape index (κ3) is 2.92. The number of anilines is 1. The van der Waals surface area contributed by atoms with Crippen LogP contribution in [0.1, 0.15) is 34.3 Å². The summed E-state index contributed by atoms with van der Waals surface area (Å²) in [5, 5.41) is 5.88. The predicted molar refractivity (Wildman–Crippen MR) is 80.8 cm³/mol. The fraction of sp³-hybridized carbons (Fsp3) is 0.500. The molecule has 0 N–H and O–H groups in total. The van der Waals surface area contributed by atoms with E-state index in [2.05, 4.69) is 10.1 Å². The number of carbonyl (C=O) groups excluding carboxylic acids is 1. The van der Waals surface area contributed by atoms with Gasteiger partial charge in [-0.05, 0) is 29.4 Å². The third-order valence-corrected chi connectivity index (χ3v) is 4.48. The number of aromatic nitrogens is 2. The van der Waals surface area contributed by atoms with Gasteiger partial charge in [-0.1, -0.05) is 6.07 Å². The van der Waals surface area contributed by atoms with Gasteiger partial charge in [0.05, 0.1) is 10.8 Å². The van der Waals surface area contributed by atoms with E-state index in [1.165, 1.54) is 11.3 Å². The van der Waals surface area contributed by atoms with Gasteiger partial charge in [0.2, 0.25) is 5.89 Å². The minimum Gasteiger partial charge on any atom is -0.344 e. The molecule has 1 amide bonds. The van der Waals surface area contributed by atoms with Crippen molar-refractivity contribution in [1.82, 2.24) is 15.0 Å². The Morgan fingerprint density at radius 2 is 2.38 bits per heavy atom. The molecule has 0 bridgehead atoms. The molecule has 21 heavy (non-hydrogen) atoms. The summed E-state index contributed by atoms with van der Waals surface area (Å²) in [6, 6.07) is 3.77. The predicted octanol–water partition coefficient (Wildman–Crippen LogP) is 2.22. The monoisotopic (exact) mass is 306 g/mol. The van der Waals surface area contributed by atoms with Crippen molar-refractivity contribution in [3.8, 4) is 0 Å². The molecule has 0 aliphatic carbocycles. The first kappa shape index (κ1) is 14.1. The largest absolute Gasteiger partial charge is 0.344 e. The van der Waals surface area contributed by atoms with Gasteiger partial charge in [0.15, 0.2) is 0 Å². The zero-order chi connectivity index (χ0) is 14.8. The van der Waals surface area contributed by atoms with E-state index in [0.717, 1.165) is 24.3 Å². The third-order valence-electron chi connectivity index (χ3n) is 3.62. The normalized spacial score (nSPS) is 18.8. The number of rotatable bonds is 3. The molecule has 1 unspecified atom stereocenters. The summed E-state index contributed by atoms with van der Waals surface area (Å²) in [6.07, 6.45) is 1.94. The van der Waals surface area contributed by atoms with Crippen LogP contribution in [0.2, 0.25) is 0 Å². The van der Waals surface area contributed by atoms with Crippen molar-refractivity contribution in [3.63, 3.8) is 0 Å². The van der Waals surface area contributed by atoms with Crippen LogP contribution in [-0.2, 0) is 0 Å². The fourth-order valence-corrected chi connectivity index (χ4v) is 3.18. The summed E-state index contributed by atoms with van der Waals surface area (Å²) in [7, 11) is 3.75. The number of hydrogen-bond acceptors (Lipinski definition) is 6. The minimum absolute atomic E-state index is 0.0991. The molecular weight excluding hydrogens is 288 g/mol. The van der Waals surface area contributed by atoms with Crippen molar-refractivity contribution in [1.29, 1.82) is 0 Å². The summed E-state index contributed by atoms with van der Waals surface area (Å²) in [6.45, 7) is 1.44. The molecule has 1 aliphatic rings. The van der Waals surface area contributed by atoms with Crippen LogP contribution in [0.5, 0.6) is 0 Å². The standard InChI is InChI=1S/C14H18N4O2S/c1-17(2)14-15-12(20-16-14)10-5-3-7-18(9-10)13(19)11-6-4-8-21-11/h4,6,8,10H,3,5,7,9H2,1-2H3. The lowest BCUT2D eigenvalue weighted by molar-refractivity contribution is 0.0700. The van der Waals surface area contributed by atoms with Crippen LogP contribution >= 0.6 is 11.3 Å². The van der Waals surface area contributed by atoms with E-state index in [1.807, 2.05) is 41.4 Å². The van der Waals surface area contributed by atoms with Crippen molar-refractivity contribution in [2.75, 3.05) is 32.1 Å². The molecule has 0 saturated carbocycles. The van der Waals surface area contributed by atoms with Crippen LogP contribution in [0.4, 0.5) is 5.95 Å². The summed E-state index contributed by atoms with van der Waals surface area (Å²) in [5.74, 6) is 1.43. The van der Waals surface area contributed by atoms with E-state index in [9.17, 15) is 4.79 Å². The molecule has 1 atom stereocenters. The lowest BCUT2D eigenvalue weighted by atomic mass is 9.98. The Kier molecular flexibility index (Phi) is 3.92. The highest BCUT2D eigenvalue weighted by atomic mass is 32.1. The van der Waals surface area contributed by atoms with E-state index >= 15 is 0 Å². The Morgan fingerprint density at radius 1 is 1.52 bits per heavy atom. The van der Waals surface area contributed by atoms with Gasteiger partial charge in [-0.3, -0.25) is 4.79 Å². The average molecular weight is 306 g/mol. The fourth-order valence-electron chi connectivity index (χ4n) is 2.49. The molecule has 3 rings (SSSR count). The highest BCUT2D eigenvalue weighted by Gasteiger charge is 2.29. The highest BCUT2D eigenvalue weighted by molar-refractivity contribution is 7.12. The zero-order valence-corrected chi connectivity index (χ0v) is 13.0. The second-order valence-electron chi connectivity index (χ2n) is 5.39. The van der Waals surface area contributed by atoms with Gasteiger partial charge in [0.25, 0.3) is 11.9 Å². The van der Waals surface area contributed by atoms with E-state index in [1.54, 1.807) is 0 Å². The van der Waals surface area contributed by atoms with Crippen LogP contribution in [-0.4, -0.2) is 48.1 Å². The molecule has 7 heteroatoms. The molecule has 3 heterocycles. The Bertz CT molecular complexity index is 608. The number of carbonyl (C=O) groups is 1. The molecular formula is C14H18N4O2S. The van der Waals surface area contributed by atoms with Gasteiger partial charge in [-0.15, -0.1) is 11.3 Å². The van der Waals surface area contributed by atoms with Crippen molar-refractivity contribution >= 4 is 23.2 Å². The molecule has 1 fully saturated rings. The SMILES string of the molecule is CN(C)c1noc(C2CCCN(C(=O)c3cccs3)C2)n1. The Hall–Kier alpha value is -1.89. The van der Waals surface area contributed by atoms with Crippen molar-refractivity contribution in [2.45, 2.75) is 18.8 Å². The molecule has 2 aromatic rings. The smallest absolute Gasteiger partial charge is 0.265 e. The second kappa shape index (κ2) is 5.85. The molecule has 112 valence electrons. The quantitative estimate of drug-likeness (QED) is 0.870. The molecule has 1 saturated heterocycles. The number of nitrogens with zero attached hydrogens (tertiary/aromatic N) is 4. The minimum atomic E-state index is 0.0991. The molecule has 0 radical (unpaired) electrons. The van der Waals surface area contributed by atoms with E-state index in [0.29, 0.717) is 18.4 Å². The van der Waals surface area contributed by atoms with Gasteiger partial charge in [-0.2, -0.15) is 4.98 Å². The highest BCUT2D eigenvalue weighted by Crippen LogP contribution is 2.28. The average Bonchev–Trinajstić information content (AvgIpc) is 3.18. The first-order valence-electron chi connectivity index (χ1n) is 6.99. The maximum Gasteiger partial charge on any atom is 0.265 e. The van der Waals surface area contributed by atoms with E-state index in [4.69, 9.17) is 4.52 Å². The van der Waals surface area contributed by atoms with E-state index < -0.39 is 0 Å². The van der Waals surface area contributed by atoms with Crippen LogP contribution in [0.15, 0.2) is 22.0 Å². The summed E-state index contributed by atoms with van der Waals surface area (Å²) < 4.78 is 5.35. The second-order valence-corrected chi connectivity index (χ2v) is 6.34. The van der Waals surface area contributed by atoms with Crippen molar-refractivity contribution in [3.05, 3.63) is 28.3 Å². The van der Waals surface area contributed by atoms with Crippen molar-refractivity contribution < 1.29 is 9.32 Å². The first-order valence-corrected chi connectivity index (χ1v) is 7.87. The molecule has 6 nitrogen and oxygen atoms in total. The van der Waals surface area contributed by atoms with Crippen LogP contribution in [0, 0.1) is 0 Å². The first-order chi connectivity index (χ1) is 10.1. The van der Waals surface area contributed by atoms with Crippen LogP contribution in [0.25, 0.3) is 0 Å². The lowest BCUT2D eigenvalue weighted by Gasteiger charge is -2.30. The molecule has 1 aliphatic heterocycles. The maximum atomic E-state index is 12.4. The van der Waals surface area contributed by atoms with Gasteiger partial charge >= 0.3 is 0 Å². The number of piperidine rings is 1. The van der Waals surface area contributed by atoms with Crippen LogP contribution in [0.3, 0.4) is 0 Å². The van der Waals surface area contributed by atoms with Crippen LogP contribution < -0.4 is 4.90 Å². The number of amides is 1. The van der Waals surface area contributed by atoms with E-state index in [-0.39, 0.29) is 11.8 Å². The summed E-state index contributed by atoms with van der Waals surface area (Å²) >= 11 is 1.48. The lowest BCUT2D eigenvalue weighted by Crippen LogP contribution is -2.38. The molecule has 0 aromatic carbocycles.